The maximum atomic E-state index is 12.9. The SMILES string of the molecule is C=CCc1cc(/C=C(\C#N)C(=O)Nc2ccc(C)cc2C)cc(OC)c1OS(=O)(=O)c1ccc(C)cc1. The normalized spacial score (nSPS) is 11.4. The smallest absolute Gasteiger partial charge is 0.339 e. The second kappa shape index (κ2) is 11.6. The van der Waals surface area contributed by atoms with E-state index in [1.807, 2.05) is 39.0 Å². The van der Waals surface area contributed by atoms with Gasteiger partial charge in [-0.2, -0.15) is 13.7 Å². The van der Waals surface area contributed by atoms with E-state index < -0.39 is 16.0 Å². The molecule has 3 aromatic rings. The average Bonchev–Trinajstić information content (AvgIpc) is 2.85. The third-order valence-corrected chi connectivity index (χ3v) is 6.78. The molecule has 0 spiro atoms. The summed E-state index contributed by atoms with van der Waals surface area (Å²) in [4.78, 5) is 12.8. The van der Waals surface area contributed by atoms with Crippen molar-refractivity contribution in [3.05, 3.63) is 101 Å². The van der Waals surface area contributed by atoms with Gasteiger partial charge in [0.05, 0.1) is 7.11 Å². The quantitative estimate of drug-likeness (QED) is 0.170. The molecule has 0 aliphatic heterocycles. The third kappa shape index (κ3) is 6.66. The highest BCUT2D eigenvalue weighted by Gasteiger charge is 2.22. The molecule has 0 saturated carbocycles. The van der Waals surface area contributed by atoms with Crippen LogP contribution in [0.1, 0.15) is 27.8 Å². The minimum Gasteiger partial charge on any atom is -0.493 e. The first-order valence-corrected chi connectivity index (χ1v) is 12.8. The number of amides is 1. The van der Waals surface area contributed by atoms with E-state index in [-0.39, 0.29) is 28.4 Å². The Balaban J connectivity index is 1.99. The highest BCUT2D eigenvalue weighted by Crippen LogP contribution is 2.36. The number of aryl methyl sites for hydroxylation is 3. The lowest BCUT2D eigenvalue weighted by Gasteiger charge is -2.16. The van der Waals surface area contributed by atoms with E-state index in [9.17, 15) is 18.5 Å². The summed E-state index contributed by atoms with van der Waals surface area (Å²) < 4.78 is 36.8. The van der Waals surface area contributed by atoms with E-state index in [4.69, 9.17) is 8.92 Å². The van der Waals surface area contributed by atoms with Gasteiger partial charge >= 0.3 is 10.1 Å². The van der Waals surface area contributed by atoms with E-state index >= 15 is 0 Å². The molecule has 0 heterocycles. The van der Waals surface area contributed by atoms with Crippen molar-refractivity contribution < 1.29 is 22.1 Å². The number of nitrogens with zero attached hydrogens (tertiary/aromatic N) is 1. The van der Waals surface area contributed by atoms with Crippen LogP contribution in [0.4, 0.5) is 5.69 Å². The Hall–Kier alpha value is -4.35. The van der Waals surface area contributed by atoms with Gasteiger partial charge in [0, 0.05) is 11.3 Å². The number of nitriles is 1. The van der Waals surface area contributed by atoms with Gasteiger partial charge < -0.3 is 14.2 Å². The van der Waals surface area contributed by atoms with Crippen LogP contribution in [0.5, 0.6) is 11.5 Å². The molecule has 0 radical (unpaired) electrons. The van der Waals surface area contributed by atoms with E-state index in [0.717, 1.165) is 16.7 Å². The zero-order chi connectivity index (χ0) is 27.2. The van der Waals surface area contributed by atoms with Crippen LogP contribution in [0.3, 0.4) is 0 Å². The number of allylic oxidation sites excluding steroid dienone is 1. The molecule has 7 nitrogen and oxygen atoms in total. The maximum Gasteiger partial charge on any atom is 0.339 e. The lowest BCUT2D eigenvalue weighted by atomic mass is 10.0. The van der Waals surface area contributed by atoms with Gasteiger partial charge in [-0.25, -0.2) is 0 Å². The third-order valence-electron chi connectivity index (χ3n) is 5.55. The van der Waals surface area contributed by atoms with Crippen LogP contribution < -0.4 is 14.2 Å². The molecule has 3 rings (SSSR count). The second-order valence-corrected chi connectivity index (χ2v) is 10.0. The molecule has 0 bridgehead atoms. The predicted molar refractivity (Wildman–Crippen MR) is 144 cm³/mol. The second-order valence-electron chi connectivity index (χ2n) is 8.50. The van der Waals surface area contributed by atoms with Crippen LogP contribution in [0.15, 0.2) is 77.7 Å². The van der Waals surface area contributed by atoms with E-state index in [1.54, 1.807) is 30.3 Å². The molecule has 37 heavy (non-hydrogen) atoms. The van der Waals surface area contributed by atoms with E-state index in [1.165, 1.54) is 31.4 Å². The van der Waals surface area contributed by atoms with Crippen molar-refractivity contribution in [2.75, 3.05) is 12.4 Å². The lowest BCUT2D eigenvalue weighted by molar-refractivity contribution is -0.112. The number of anilines is 1. The molecule has 1 amide bonds. The Morgan fingerprint density at radius 3 is 2.32 bits per heavy atom. The van der Waals surface area contributed by atoms with Gasteiger partial charge in [0.15, 0.2) is 11.5 Å². The van der Waals surface area contributed by atoms with Gasteiger partial charge in [-0.05, 0) is 74.7 Å². The van der Waals surface area contributed by atoms with Crippen molar-refractivity contribution in [1.82, 2.24) is 0 Å². The van der Waals surface area contributed by atoms with Crippen LogP contribution >= 0.6 is 0 Å². The maximum absolute atomic E-state index is 12.9. The van der Waals surface area contributed by atoms with Gasteiger partial charge in [0.2, 0.25) is 0 Å². The first-order chi connectivity index (χ1) is 17.6. The van der Waals surface area contributed by atoms with Gasteiger partial charge in [-0.1, -0.05) is 41.5 Å². The van der Waals surface area contributed by atoms with Gasteiger partial charge in [-0.15, -0.1) is 6.58 Å². The molecule has 0 aliphatic rings. The Morgan fingerprint density at radius 1 is 1.05 bits per heavy atom. The summed E-state index contributed by atoms with van der Waals surface area (Å²) in [5.41, 5.74) is 4.23. The molecule has 0 aliphatic carbocycles. The van der Waals surface area contributed by atoms with Crippen LogP contribution in [-0.4, -0.2) is 21.4 Å². The average molecular weight is 517 g/mol. The Kier molecular flexibility index (Phi) is 8.53. The number of benzene rings is 3. The van der Waals surface area contributed by atoms with E-state index in [0.29, 0.717) is 16.8 Å². The monoisotopic (exact) mass is 516 g/mol. The summed E-state index contributed by atoms with van der Waals surface area (Å²) in [5, 5.41) is 12.4. The topological polar surface area (TPSA) is 105 Å². The van der Waals surface area contributed by atoms with Crippen molar-refractivity contribution in [2.24, 2.45) is 0 Å². The molecule has 3 aromatic carbocycles. The summed E-state index contributed by atoms with van der Waals surface area (Å²) in [6.07, 6.45) is 3.26. The molecular weight excluding hydrogens is 488 g/mol. The van der Waals surface area contributed by atoms with Crippen LogP contribution in [-0.2, 0) is 21.3 Å². The number of carbonyl (C=O) groups is 1. The number of hydrogen-bond donors (Lipinski definition) is 1. The highest BCUT2D eigenvalue weighted by atomic mass is 32.2. The molecule has 0 fully saturated rings. The number of ether oxygens (including phenoxy) is 1. The first-order valence-electron chi connectivity index (χ1n) is 11.4. The Labute approximate surface area is 217 Å². The number of nitrogens with one attached hydrogen (secondary N) is 1. The minimum atomic E-state index is -4.15. The molecule has 1 N–H and O–H groups in total. The molecule has 0 saturated heterocycles. The van der Waals surface area contributed by atoms with Crippen molar-refractivity contribution in [3.63, 3.8) is 0 Å². The number of hydrogen-bond acceptors (Lipinski definition) is 6. The molecular formula is C29H28N2O5S. The first kappa shape index (κ1) is 27.2. The number of rotatable bonds is 9. The Morgan fingerprint density at radius 2 is 1.73 bits per heavy atom. The highest BCUT2D eigenvalue weighted by molar-refractivity contribution is 7.87. The lowest BCUT2D eigenvalue weighted by Crippen LogP contribution is -2.14. The zero-order valence-electron chi connectivity index (χ0n) is 21.2. The summed E-state index contributed by atoms with van der Waals surface area (Å²) >= 11 is 0. The van der Waals surface area contributed by atoms with Gasteiger partial charge in [-0.3, -0.25) is 4.79 Å². The van der Waals surface area contributed by atoms with E-state index in [2.05, 4.69) is 11.9 Å². The number of carbonyl (C=O) groups excluding carboxylic acids is 1. The molecule has 8 heteroatoms. The summed E-state index contributed by atoms with van der Waals surface area (Å²) in [5.74, 6) is -0.423. The molecule has 0 aromatic heterocycles. The zero-order valence-corrected chi connectivity index (χ0v) is 22.0. The fourth-order valence-corrected chi connectivity index (χ4v) is 4.62. The molecule has 0 atom stereocenters. The van der Waals surface area contributed by atoms with Gasteiger partial charge in [0.25, 0.3) is 5.91 Å². The minimum absolute atomic E-state index is 0.00326. The summed E-state index contributed by atoms with van der Waals surface area (Å²) in [6, 6.07) is 16.9. The Bertz CT molecular complexity index is 1520. The van der Waals surface area contributed by atoms with Gasteiger partial charge in [0.1, 0.15) is 16.5 Å². The van der Waals surface area contributed by atoms with Crippen molar-refractivity contribution in [3.8, 4) is 17.6 Å². The largest absolute Gasteiger partial charge is 0.493 e. The standard InChI is InChI=1S/C29H28N2O5S/c1-6-7-23-15-22(16-24(18-30)29(32)31-26-13-10-20(3)14-21(26)4)17-27(35-5)28(23)36-37(33,34)25-11-8-19(2)9-12-25/h6,8-17H,1,7H2,2-5H3,(H,31,32)/b24-16+. The van der Waals surface area contributed by atoms with Crippen molar-refractivity contribution in [1.29, 1.82) is 5.26 Å². The predicted octanol–water partition coefficient (Wildman–Crippen LogP) is 5.66. The number of methoxy groups -OCH3 is 1. The van der Waals surface area contributed by atoms with Crippen molar-refractivity contribution >= 4 is 27.8 Å². The van der Waals surface area contributed by atoms with Crippen LogP contribution in [0.25, 0.3) is 6.08 Å². The fourth-order valence-electron chi connectivity index (χ4n) is 3.64. The van der Waals surface area contributed by atoms with Crippen molar-refractivity contribution in [2.45, 2.75) is 32.1 Å². The van der Waals surface area contributed by atoms with Crippen LogP contribution in [0.2, 0.25) is 0 Å². The summed E-state index contributed by atoms with van der Waals surface area (Å²) in [7, 11) is -2.77. The molecule has 0 unspecified atom stereocenters. The fraction of sp³-hybridized carbons (Fsp3) is 0.172. The van der Waals surface area contributed by atoms with Crippen LogP contribution in [0, 0.1) is 32.1 Å². The molecule has 190 valence electrons. The summed E-state index contributed by atoms with van der Waals surface area (Å²) in [6.45, 7) is 9.41.